The van der Waals surface area contributed by atoms with E-state index in [1.165, 1.54) is 0 Å². The molecule has 0 radical (unpaired) electrons. The predicted octanol–water partition coefficient (Wildman–Crippen LogP) is 2.36. The number of likely N-dealkylation sites (N-methyl/N-ethyl adjacent to an activating group) is 1. The molecule has 0 spiro atoms. The van der Waals surface area contributed by atoms with Crippen LogP contribution in [0.15, 0.2) is 0 Å². The summed E-state index contributed by atoms with van der Waals surface area (Å²) in [6.45, 7) is 8.89. The van der Waals surface area contributed by atoms with E-state index in [2.05, 4.69) is 24.1 Å². The van der Waals surface area contributed by atoms with Crippen molar-refractivity contribution in [3.63, 3.8) is 0 Å². The Hall–Kier alpha value is -0.650. The van der Waals surface area contributed by atoms with Gasteiger partial charge in [-0.15, -0.1) is 0 Å². The standard InChI is InChI=1S/C16H34N2O3/c1-6-14(7-2)18(12-13-21-5)11-9-8-10-16(3,17-4)15(19)20/h14,17H,6-13H2,1-5H3,(H,19,20). The van der Waals surface area contributed by atoms with Crippen LogP contribution in [0.3, 0.4) is 0 Å². The fourth-order valence-corrected chi connectivity index (χ4v) is 2.62. The van der Waals surface area contributed by atoms with Gasteiger partial charge in [-0.3, -0.25) is 9.69 Å². The quantitative estimate of drug-likeness (QED) is 0.511. The molecule has 0 rings (SSSR count). The predicted molar refractivity (Wildman–Crippen MR) is 86.8 cm³/mol. The van der Waals surface area contributed by atoms with Crippen LogP contribution in [0.5, 0.6) is 0 Å². The van der Waals surface area contributed by atoms with Crippen molar-refractivity contribution < 1.29 is 14.6 Å². The van der Waals surface area contributed by atoms with Crippen molar-refractivity contribution in [1.82, 2.24) is 10.2 Å². The van der Waals surface area contributed by atoms with E-state index in [-0.39, 0.29) is 0 Å². The molecule has 0 aliphatic rings. The van der Waals surface area contributed by atoms with Gasteiger partial charge in [0, 0.05) is 19.7 Å². The van der Waals surface area contributed by atoms with E-state index in [9.17, 15) is 9.90 Å². The first-order valence-electron chi connectivity index (χ1n) is 8.10. The van der Waals surface area contributed by atoms with Crippen molar-refractivity contribution in [3.05, 3.63) is 0 Å². The first-order valence-corrected chi connectivity index (χ1v) is 8.10. The Morgan fingerprint density at radius 2 is 1.90 bits per heavy atom. The van der Waals surface area contributed by atoms with Gasteiger partial charge in [0.05, 0.1) is 6.61 Å². The van der Waals surface area contributed by atoms with Crippen molar-refractivity contribution in [1.29, 1.82) is 0 Å². The molecule has 0 amide bonds. The molecule has 5 heteroatoms. The van der Waals surface area contributed by atoms with Gasteiger partial charge < -0.3 is 15.2 Å². The first kappa shape index (κ1) is 20.3. The van der Waals surface area contributed by atoms with Crippen molar-refractivity contribution >= 4 is 5.97 Å². The minimum atomic E-state index is -0.813. The third-order valence-corrected chi connectivity index (χ3v) is 4.44. The Bertz CT molecular complexity index is 283. The Morgan fingerprint density at radius 3 is 2.33 bits per heavy atom. The summed E-state index contributed by atoms with van der Waals surface area (Å²) in [5.41, 5.74) is -0.813. The van der Waals surface area contributed by atoms with Crippen LogP contribution in [-0.4, -0.2) is 61.4 Å². The van der Waals surface area contributed by atoms with Crippen molar-refractivity contribution in [3.8, 4) is 0 Å². The molecule has 0 aliphatic heterocycles. The number of nitrogens with zero attached hydrogens (tertiary/aromatic N) is 1. The Labute approximate surface area is 130 Å². The Balaban J connectivity index is 4.26. The Kier molecular flexibility index (Phi) is 10.6. The van der Waals surface area contributed by atoms with Crippen molar-refractivity contribution in [2.45, 2.75) is 64.5 Å². The number of carbonyl (C=O) groups is 1. The molecular weight excluding hydrogens is 268 g/mol. The molecule has 0 aromatic rings. The van der Waals surface area contributed by atoms with Crippen LogP contribution < -0.4 is 5.32 Å². The number of aliphatic carboxylic acids is 1. The molecule has 5 nitrogen and oxygen atoms in total. The van der Waals surface area contributed by atoms with Gasteiger partial charge in [0.25, 0.3) is 0 Å². The second-order valence-electron chi connectivity index (χ2n) is 5.84. The lowest BCUT2D eigenvalue weighted by atomic mass is 9.95. The smallest absolute Gasteiger partial charge is 0.323 e. The van der Waals surface area contributed by atoms with E-state index in [1.54, 1.807) is 21.1 Å². The summed E-state index contributed by atoms with van der Waals surface area (Å²) in [4.78, 5) is 13.7. The van der Waals surface area contributed by atoms with Gasteiger partial charge in [0.1, 0.15) is 5.54 Å². The highest BCUT2D eigenvalue weighted by Crippen LogP contribution is 2.15. The molecule has 0 bridgehead atoms. The summed E-state index contributed by atoms with van der Waals surface area (Å²) >= 11 is 0. The lowest BCUT2D eigenvalue weighted by molar-refractivity contribution is -0.144. The lowest BCUT2D eigenvalue weighted by Crippen LogP contribution is -2.47. The van der Waals surface area contributed by atoms with Crippen LogP contribution in [-0.2, 0) is 9.53 Å². The molecule has 126 valence electrons. The van der Waals surface area contributed by atoms with E-state index in [4.69, 9.17) is 4.74 Å². The minimum absolute atomic E-state index is 0.593. The van der Waals surface area contributed by atoms with Gasteiger partial charge in [0.2, 0.25) is 0 Å². The summed E-state index contributed by atoms with van der Waals surface area (Å²) < 4.78 is 5.19. The zero-order chi connectivity index (χ0) is 16.3. The number of methoxy groups -OCH3 is 1. The molecule has 1 unspecified atom stereocenters. The average Bonchev–Trinajstić information content (AvgIpc) is 2.48. The number of ether oxygens (including phenoxy) is 1. The van der Waals surface area contributed by atoms with Crippen molar-refractivity contribution in [2.24, 2.45) is 0 Å². The number of unbranched alkanes of at least 4 members (excludes halogenated alkanes) is 1. The highest BCUT2D eigenvalue weighted by molar-refractivity contribution is 5.78. The van der Waals surface area contributed by atoms with E-state index >= 15 is 0 Å². The van der Waals surface area contributed by atoms with Crippen molar-refractivity contribution in [2.75, 3.05) is 33.9 Å². The van der Waals surface area contributed by atoms with Gasteiger partial charge in [-0.25, -0.2) is 0 Å². The van der Waals surface area contributed by atoms with Crippen LogP contribution in [0.25, 0.3) is 0 Å². The topological polar surface area (TPSA) is 61.8 Å². The summed E-state index contributed by atoms with van der Waals surface area (Å²) in [5, 5.41) is 12.1. The lowest BCUT2D eigenvalue weighted by Gasteiger charge is -2.31. The number of nitrogens with one attached hydrogen (secondary N) is 1. The number of hydrogen-bond donors (Lipinski definition) is 2. The number of carboxylic acid groups (broad SMARTS) is 1. The van der Waals surface area contributed by atoms with Gasteiger partial charge >= 0.3 is 5.97 Å². The third kappa shape index (κ3) is 7.25. The second-order valence-corrected chi connectivity index (χ2v) is 5.84. The van der Waals surface area contributed by atoms with E-state index in [1.807, 2.05) is 0 Å². The first-order chi connectivity index (χ1) is 9.95. The highest BCUT2D eigenvalue weighted by atomic mass is 16.5. The monoisotopic (exact) mass is 302 g/mol. The largest absolute Gasteiger partial charge is 0.480 e. The molecular formula is C16H34N2O3. The van der Waals surface area contributed by atoms with E-state index < -0.39 is 11.5 Å². The summed E-state index contributed by atoms with van der Waals surface area (Å²) in [6.07, 6.45) is 4.87. The van der Waals surface area contributed by atoms with Gasteiger partial charge in [0.15, 0.2) is 0 Å². The number of rotatable bonds is 13. The molecule has 0 aromatic heterocycles. The van der Waals surface area contributed by atoms with Gasteiger partial charge in [-0.05, 0) is 52.6 Å². The maximum atomic E-state index is 11.2. The zero-order valence-electron chi connectivity index (χ0n) is 14.4. The van der Waals surface area contributed by atoms with Crippen LogP contribution in [0.4, 0.5) is 0 Å². The second kappa shape index (κ2) is 11.0. The van der Waals surface area contributed by atoms with Gasteiger partial charge in [-0.1, -0.05) is 13.8 Å². The third-order valence-electron chi connectivity index (χ3n) is 4.44. The molecule has 0 aromatic carbocycles. The van der Waals surface area contributed by atoms with E-state index in [0.717, 1.165) is 45.4 Å². The summed E-state index contributed by atoms with van der Waals surface area (Å²) in [5.74, 6) is -0.777. The average molecular weight is 302 g/mol. The number of hydrogen-bond acceptors (Lipinski definition) is 4. The van der Waals surface area contributed by atoms with Gasteiger partial charge in [-0.2, -0.15) is 0 Å². The molecule has 1 atom stereocenters. The zero-order valence-corrected chi connectivity index (χ0v) is 14.4. The molecule has 2 N–H and O–H groups in total. The summed E-state index contributed by atoms with van der Waals surface area (Å²) in [6, 6.07) is 0.593. The van der Waals surface area contributed by atoms with Crippen LogP contribution in [0.1, 0.15) is 52.9 Å². The highest BCUT2D eigenvalue weighted by Gasteiger charge is 2.30. The molecule has 0 heterocycles. The van der Waals surface area contributed by atoms with Crippen LogP contribution >= 0.6 is 0 Å². The fraction of sp³-hybridized carbons (Fsp3) is 0.938. The van der Waals surface area contributed by atoms with Crippen LogP contribution in [0.2, 0.25) is 0 Å². The molecule has 21 heavy (non-hydrogen) atoms. The fourth-order valence-electron chi connectivity index (χ4n) is 2.62. The number of carboxylic acids is 1. The minimum Gasteiger partial charge on any atom is -0.480 e. The molecule has 0 aliphatic carbocycles. The van der Waals surface area contributed by atoms with E-state index in [0.29, 0.717) is 12.5 Å². The Morgan fingerprint density at radius 1 is 1.29 bits per heavy atom. The maximum absolute atomic E-state index is 11.2. The maximum Gasteiger partial charge on any atom is 0.323 e. The molecule has 0 saturated carbocycles. The van der Waals surface area contributed by atoms with Crippen LogP contribution in [0, 0.1) is 0 Å². The molecule has 0 fully saturated rings. The summed E-state index contributed by atoms with van der Waals surface area (Å²) in [7, 11) is 3.44. The normalized spacial score (nSPS) is 14.6. The SMILES string of the molecule is CCC(CC)N(CCCCC(C)(NC)C(=O)O)CCOC. The molecule has 0 saturated heterocycles.